The number of aryl methyl sites for hydroxylation is 1. The Morgan fingerprint density at radius 3 is 2.56 bits per heavy atom. The normalized spacial score (nSPS) is 14.4. The SMILES string of the molecule is CCCCC(O)(c1ccccc1)c1nccn1C. The van der Waals surface area contributed by atoms with E-state index >= 15 is 0 Å². The van der Waals surface area contributed by atoms with E-state index in [1.807, 2.05) is 48.1 Å². The fraction of sp³-hybridized carbons (Fsp3) is 0.400. The Morgan fingerprint density at radius 2 is 2.00 bits per heavy atom. The average Bonchev–Trinajstić information content (AvgIpc) is 2.84. The fourth-order valence-electron chi connectivity index (χ4n) is 2.30. The first kappa shape index (κ1) is 12.8. The predicted molar refractivity (Wildman–Crippen MR) is 72.2 cm³/mol. The molecule has 0 spiro atoms. The molecule has 1 N–H and O–H groups in total. The van der Waals surface area contributed by atoms with Crippen LogP contribution in [0.2, 0.25) is 0 Å². The minimum Gasteiger partial charge on any atom is -0.377 e. The van der Waals surface area contributed by atoms with Gasteiger partial charge in [0.25, 0.3) is 0 Å². The number of nitrogens with zero attached hydrogens (tertiary/aromatic N) is 2. The van der Waals surface area contributed by atoms with Crippen LogP contribution in [0.15, 0.2) is 42.7 Å². The van der Waals surface area contributed by atoms with Crippen LogP contribution in [0.4, 0.5) is 0 Å². The lowest BCUT2D eigenvalue weighted by molar-refractivity contribution is 0.0563. The molecule has 1 aromatic heterocycles. The van der Waals surface area contributed by atoms with Gasteiger partial charge in [-0.25, -0.2) is 4.98 Å². The molecule has 0 saturated carbocycles. The number of aromatic nitrogens is 2. The van der Waals surface area contributed by atoms with Crippen molar-refractivity contribution in [3.05, 3.63) is 54.1 Å². The van der Waals surface area contributed by atoms with Crippen LogP contribution in [0.1, 0.15) is 37.6 Å². The second-order valence-corrected chi connectivity index (χ2v) is 4.69. The molecular formula is C15H20N2O. The zero-order valence-electron chi connectivity index (χ0n) is 11.0. The Kier molecular flexibility index (Phi) is 3.82. The first-order valence-electron chi connectivity index (χ1n) is 6.44. The maximum absolute atomic E-state index is 11.1. The van der Waals surface area contributed by atoms with Crippen molar-refractivity contribution >= 4 is 0 Å². The molecule has 1 aromatic carbocycles. The minimum atomic E-state index is -0.991. The average molecular weight is 244 g/mol. The first-order chi connectivity index (χ1) is 8.68. The maximum atomic E-state index is 11.1. The number of benzene rings is 1. The summed E-state index contributed by atoms with van der Waals surface area (Å²) in [5, 5.41) is 11.1. The number of rotatable bonds is 5. The van der Waals surface area contributed by atoms with Crippen LogP contribution in [0.5, 0.6) is 0 Å². The quantitative estimate of drug-likeness (QED) is 0.878. The van der Waals surface area contributed by atoms with Gasteiger partial charge in [-0.3, -0.25) is 0 Å². The van der Waals surface area contributed by atoms with Crippen molar-refractivity contribution in [2.45, 2.75) is 31.8 Å². The van der Waals surface area contributed by atoms with Crippen molar-refractivity contribution in [2.75, 3.05) is 0 Å². The molecule has 0 saturated heterocycles. The van der Waals surface area contributed by atoms with E-state index in [0.717, 1.165) is 18.4 Å². The molecule has 3 nitrogen and oxygen atoms in total. The van der Waals surface area contributed by atoms with Crippen molar-refractivity contribution in [2.24, 2.45) is 7.05 Å². The van der Waals surface area contributed by atoms with E-state index in [2.05, 4.69) is 11.9 Å². The molecule has 0 fully saturated rings. The van der Waals surface area contributed by atoms with E-state index in [4.69, 9.17) is 0 Å². The highest BCUT2D eigenvalue weighted by Gasteiger charge is 2.34. The Balaban J connectivity index is 2.44. The molecule has 0 radical (unpaired) electrons. The van der Waals surface area contributed by atoms with E-state index in [0.29, 0.717) is 12.2 Å². The molecule has 3 heteroatoms. The molecule has 96 valence electrons. The summed E-state index contributed by atoms with van der Waals surface area (Å²) in [6, 6.07) is 9.79. The van der Waals surface area contributed by atoms with E-state index in [1.54, 1.807) is 6.20 Å². The molecule has 1 atom stereocenters. The summed E-state index contributed by atoms with van der Waals surface area (Å²) in [5.41, 5.74) is -0.0806. The highest BCUT2D eigenvalue weighted by Crippen LogP contribution is 2.33. The Hall–Kier alpha value is -1.61. The van der Waals surface area contributed by atoms with Crippen LogP contribution in [0.25, 0.3) is 0 Å². The highest BCUT2D eigenvalue weighted by atomic mass is 16.3. The van der Waals surface area contributed by atoms with Gasteiger partial charge in [-0.15, -0.1) is 0 Å². The zero-order valence-corrected chi connectivity index (χ0v) is 11.0. The molecule has 2 rings (SSSR count). The van der Waals surface area contributed by atoms with Gasteiger partial charge < -0.3 is 9.67 Å². The number of imidazole rings is 1. The minimum absolute atomic E-state index is 0.693. The third-order valence-corrected chi connectivity index (χ3v) is 3.33. The van der Waals surface area contributed by atoms with Crippen molar-refractivity contribution in [1.29, 1.82) is 0 Å². The molecule has 2 aromatic rings. The summed E-state index contributed by atoms with van der Waals surface area (Å²) in [6.07, 6.45) is 6.32. The summed E-state index contributed by atoms with van der Waals surface area (Å²) in [4.78, 5) is 4.33. The molecular weight excluding hydrogens is 224 g/mol. The maximum Gasteiger partial charge on any atom is 0.147 e. The van der Waals surface area contributed by atoms with Gasteiger partial charge in [0, 0.05) is 19.4 Å². The fourth-order valence-corrected chi connectivity index (χ4v) is 2.30. The number of hydrogen-bond acceptors (Lipinski definition) is 2. The van der Waals surface area contributed by atoms with Crippen molar-refractivity contribution < 1.29 is 5.11 Å². The third-order valence-electron chi connectivity index (χ3n) is 3.33. The largest absolute Gasteiger partial charge is 0.377 e. The van der Waals surface area contributed by atoms with Gasteiger partial charge in [-0.1, -0.05) is 50.1 Å². The lowest BCUT2D eigenvalue weighted by atomic mass is 9.87. The van der Waals surface area contributed by atoms with Crippen molar-refractivity contribution in [1.82, 2.24) is 9.55 Å². The molecule has 0 aliphatic heterocycles. The summed E-state index contributed by atoms with van der Waals surface area (Å²) in [6.45, 7) is 2.13. The summed E-state index contributed by atoms with van der Waals surface area (Å²) in [7, 11) is 1.92. The van der Waals surface area contributed by atoms with Gasteiger partial charge in [-0.05, 0) is 12.0 Å². The topological polar surface area (TPSA) is 38.1 Å². The van der Waals surface area contributed by atoms with Gasteiger partial charge in [0.15, 0.2) is 0 Å². The molecule has 0 aliphatic carbocycles. The van der Waals surface area contributed by atoms with Crippen LogP contribution in [0, 0.1) is 0 Å². The monoisotopic (exact) mass is 244 g/mol. The molecule has 1 heterocycles. The van der Waals surface area contributed by atoms with Crippen molar-refractivity contribution in [3.8, 4) is 0 Å². The van der Waals surface area contributed by atoms with Gasteiger partial charge in [0.05, 0.1) is 0 Å². The predicted octanol–water partition coefficient (Wildman–Crippen LogP) is 2.85. The summed E-state index contributed by atoms with van der Waals surface area (Å²) in [5.74, 6) is 0.710. The molecule has 0 amide bonds. The summed E-state index contributed by atoms with van der Waals surface area (Å²) < 4.78 is 1.89. The van der Waals surface area contributed by atoms with Gasteiger partial charge in [0.2, 0.25) is 0 Å². The van der Waals surface area contributed by atoms with E-state index in [-0.39, 0.29) is 0 Å². The molecule has 0 aliphatic rings. The van der Waals surface area contributed by atoms with Crippen LogP contribution < -0.4 is 0 Å². The molecule has 18 heavy (non-hydrogen) atoms. The van der Waals surface area contributed by atoms with E-state index in [1.165, 1.54) is 0 Å². The Bertz CT molecular complexity index is 492. The van der Waals surface area contributed by atoms with E-state index in [9.17, 15) is 5.11 Å². The van der Waals surface area contributed by atoms with Gasteiger partial charge >= 0.3 is 0 Å². The summed E-state index contributed by atoms with van der Waals surface area (Å²) >= 11 is 0. The lowest BCUT2D eigenvalue weighted by Crippen LogP contribution is -2.30. The molecule has 1 unspecified atom stereocenters. The zero-order chi connectivity index (χ0) is 13.0. The molecule has 0 bridgehead atoms. The standard InChI is InChI=1S/C15H20N2O/c1-3-4-10-15(18,13-8-6-5-7-9-13)14-16-11-12-17(14)2/h5-9,11-12,18H,3-4,10H2,1-2H3. The van der Waals surface area contributed by atoms with Crippen molar-refractivity contribution in [3.63, 3.8) is 0 Å². The second kappa shape index (κ2) is 5.36. The number of hydrogen-bond donors (Lipinski definition) is 1. The Labute approximate surface area is 108 Å². The van der Waals surface area contributed by atoms with Crippen LogP contribution in [-0.4, -0.2) is 14.7 Å². The lowest BCUT2D eigenvalue weighted by Gasteiger charge is -2.28. The number of unbranched alkanes of at least 4 members (excludes halogenated alkanes) is 1. The first-order valence-corrected chi connectivity index (χ1v) is 6.44. The van der Waals surface area contributed by atoms with E-state index < -0.39 is 5.60 Å². The number of aliphatic hydroxyl groups is 1. The smallest absolute Gasteiger partial charge is 0.147 e. The van der Waals surface area contributed by atoms with Gasteiger partial charge in [0.1, 0.15) is 11.4 Å². The van der Waals surface area contributed by atoms with Crippen LogP contribution in [0.3, 0.4) is 0 Å². The highest BCUT2D eigenvalue weighted by molar-refractivity contribution is 5.29. The third kappa shape index (κ3) is 2.31. The second-order valence-electron chi connectivity index (χ2n) is 4.69. The van der Waals surface area contributed by atoms with Crippen LogP contribution >= 0.6 is 0 Å². The van der Waals surface area contributed by atoms with Crippen LogP contribution in [-0.2, 0) is 12.6 Å². The van der Waals surface area contributed by atoms with Gasteiger partial charge in [-0.2, -0.15) is 0 Å². The Morgan fingerprint density at radius 1 is 1.28 bits per heavy atom.